The van der Waals surface area contributed by atoms with E-state index in [1.54, 1.807) is 24.3 Å². The lowest BCUT2D eigenvalue weighted by Crippen LogP contribution is -2.13. The lowest BCUT2D eigenvalue weighted by molar-refractivity contribution is -0.142. The Kier molecular flexibility index (Phi) is 4.47. The second-order valence-electron chi connectivity index (χ2n) is 6.45. The summed E-state index contributed by atoms with van der Waals surface area (Å²) >= 11 is 1.42. The summed E-state index contributed by atoms with van der Waals surface area (Å²) in [6, 6.07) is 11.2. The SMILES string of the molecule is COc1ccc(-c2cc(C(F)(F)F)n3ncc(-c4nc(-c5cccs5)no4)c3n2)cc1. The third kappa shape index (κ3) is 3.42. The number of alkyl halides is 3. The number of aromatic nitrogens is 5. The fraction of sp³-hybridized carbons (Fsp3) is 0.100. The minimum atomic E-state index is -4.65. The van der Waals surface area contributed by atoms with Crippen molar-refractivity contribution < 1.29 is 22.4 Å². The van der Waals surface area contributed by atoms with Crippen LogP contribution in [-0.4, -0.2) is 31.8 Å². The van der Waals surface area contributed by atoms with E-state index in [1.807, 2.05) is 17.5 Å². The molecule has 0 unspecified atom stereocenters. The zero-order valence-electron chi connectivity index (χ0n) is 15.8. The largest absolute Gasteiger partial charge is 0.497 e. The summed E-state index contributed by atoms with van der Waals surface area (Å²) in [5.74, 6) is 0.954. The number of ether oxygens (including phenoxy) is 1. The van der Waals surface area contributed by atoms with Crippen LogP contribution in [0.15, 0.2) is 58.6 Å². The summed E-state index contributed by atoms with van der Waals surface area (Å²) in [7, 11) is 1.51. The quantitative estimate of drug-likeness (QED) is 0.380. The number of fused-ring (bicyclic) bond motifs is 1. The minimum absolute atomic E-state index is 0.0332. The van der Waals surface area contributed by atoms with Crippen molar-refractivity contribution in [3.05, 3.63) is 59.7 Å². The van der Waals surface area contributed by atoms with Crippen molar-refractivity contribution in [2.45, 2.75) is 6.18 Å². The van der Waals surface area contributed by atoms with Crippen molar-refractivity contribution in [3.8, 4) is 39.2 Å². The van der Waals surface area contributed by atoms with Crippen LogP contribution >= 0.6 is 11.3 Å². The Labute approximate surface area is 176 Å². The highest BCUT2D eigenvalue weighted by atomic mass is 32.1. The lowest BCUT2D eigenvalue weighted by Gasteiger charge is -2.11. The molecule has 5 rings (SSSR count). The maximum absolute atomic E-state index is 13.8. The van der Waals surface area contributed by atoms with Gasteiger partial charge in [-0.3, -0.25) is 0 Å². The molecule has 11 heteroatoms. The number of halogens is 3. The predicted octanol–water partition coefficient (Wildman–Crippen LogP) is 5.20. The second kappa shape index (κ2) is 7.20. The van der Waals surface area contributed by atoms with Crippen molar-refractivity contribution in [3.63, 3.8) is 0 Å². The molecule has 0 atom stereocenters. The molecule has 0 saturated carbocycles. The van der Waals surface area contributed by atoms with E-state index in [2.05, 4.69) is 20.2 Å². The molecule has 4 heterocycles. The van der Waals surface area contributed by atoms with Crippen LogP contribution in [0.1, 0.15) is 5.69 Å². The van der Waals surface area contributed by atoms with E-state index in [4.69, 9.17) is 9.26 Å². The van der Waals surface area contributed by atoms with Crippen LogP contribution in [0.25, 0.3) is 39.1 Å². The van der Waals surface area contributed by atoms with Crippen LogP contribution in [-0.2, 0) is 6.18 Å². The van der Waals surface area contributed by atoms with E-state index in [1.165, 1.54) is 24.6 Å². The Morgan fingerprint density at radius 2 is 1.90 bits per heavy atom. The van der Waals surface area contributed by atoms with E-state index in [0.29, 0.717) is 17.1 Å². The third-order valence-electron chi connectivity index (χ3n) is 4.55. The van der Waals surface area contributed by atoms with E-state index >= 15 is 0 Å². The molecule has 0 spiro atoms. The Bertz CT molecular complexity index is 1360. The van der Waals surface area contributed by atoms with Gasteiger partial charge in [0.05, 0.1) is 23.9 Å². The monoisotopic (exact) mass is 443 g/mol. The van der Waals surface area contributed by atoms with Gasteiger partial charge in [0, 0.05) is 5.56 Å². The minimum Gasteiger partial charge on any atom is -0.497 e. The van der Waals surface area contributed by atoms with Crippen LogP contribution in [0.5, 0.6) is 5.75 Å². The number of hydrogen-bond acceptors (Lipinski definition) is 7. The van der Waals surface area contributed by atoms with Crippen molar-refractivity contribution in [1.29, 1.82) is 0 Å². The molecule has 0 aliphatic heterocycles. The molecule has 0 bridgehead atoms. The summed E-state index contributed by atoms with van der Waals surface area (Å²) in [6.45, 7) is 0. The molecule has 7 nitrogen and oxygen atoms in total. The van der Waals surface area contributed by atoms with Crippen LogP contribution in [0.3, 0.4) is 0 Å². The van der Waals surface area contributed by atoms with Crippen LogP contribution < -0.4 is 4.74 Å². The fourth-order valence-corrected chi connectivity index (χ4v) is 3.71. The first kappa shape index (κ1) is 19.2. The van der Waals surface area contributed by atoms with Crippen LogP contribution in [0.4, 0.5) is 13.2 Å². The number of thiophene rings is 1. The zero-order valence-corrected chi connectivity index (χ0v) is 16.6. The first-order valence-corrected chi connectivity index (χ1v) is 9.80. The molecule has 0 radical (unpaired) electrons. The molecular weight excluding hydrogens is 431 g/mol. The highest BCUT2D eigenvalue weighted by molar-refractivity contribution is 7.13. The van der Waals surface area contributed by atoms with Crippen LogP contribution in [0.2, 0.25) is 0 Å². The molecule has 156 valence electrons. The van der Waals surface area contributed by atoms with Gasteiger partial charge in [-0.15, -0.1) is 11.3 Å². The van der Waals surface area contributed by atoms with Gasteiger partial charge in [0.25, 0.3) is 5.89 Å². The van der Waals surface area contributed by atoms with Gasteiger partial charge in [0.15, 0.2) is 11.3 Å². The average molecular weight is 443 g/mol. The second-order valence-corrected chi connectivity index (χ2v) is 7.39. The smallest absolute Gasteiger partial charge is 0.433 e. The van der Waals surface area contributed by atoms with Gasteiger partial charge in [-0.1, -0.05) is 11.2 Å². The molecule has 5 aromatic rings. The Morgan fingerprint density at radius 3 is 2.58 bits per heavy atom. The first-order valence-electron chi connectivity index (χ1n) is 8.92. The zero-order chi connectivity index (χ0) is 21.6. The van der Waals surface area contributed by atoms with Gasteiger partial charge < -0.3 is 9.26 Å². The maximum atomic E-state index is 13.8. The number of nitrogens with zero attached hydrogens (tertiary/aromatic N) is 5. The molecular formula is C20H12F3N5O2S. The Morgan fingerprint density at radius 1 is 1.10 bits per heavy atom. The Balaban J connectivity index is 1.68. The standard InChI is InChI=1S/C20H12F3N5O2S/c1-29-12-6-4-11(5-7-12)14-9-16(20(21,22)23)28-18(25-14)13(10-24-28)19-26-17(27-30-19)15-3-2-8-31-15/h2-10H,1H3. The third-order valence-corrected chi connectivity index (χ3v) is 5.41. The van der Waals surface area contributed by atoms with Gasteiger partial charge in [-0.25, -0.2) is 9.50 Å². The molecule has 1 aromatic carbocycles. The molecule has 0 N–H and O–H groups in total. The number of benzene rings is 1. The normalized spacial score (nSPS) is 11.9. The first-order chi connectivity index (χ1) is 14.9. The molecule has 0 fully saturated rings. The fourth-order valence-electron chi connectivity index (χ4n) is 3.06. The van der Waals surface area contributed by atoms with Gasteiger partial charge >= 0.3 is 6.18 Å². The summed E-state index contributed by atoms with van der Waals surface area (Å²) in [4.78, 5) is 9.49. The van der Waals surface area contributed by atoms with Crippen LogP contribution in [0, 0.1) is 0 Å². The molecule has 0 aliphatic carbocycles. The van der Waals surface area contributed by atoms with E-state index in [-0.39, 0.29) is 22.8 Å². The molecule has 4 aromatic heterocycles. The summed E-state index contributed by atoms with van der Waals surface area (Å²) in [6.07, 6.45) is -3.41. The summed E-state index contributed by atoms with van der Waals surface area (Å²) in [5, 5.41) is 9.66. The average Bonchev–Trinajstić information content (AvgIpc) is 3.52. The van der Waals surface area contributed by atoms with Gasteiger partial charge in [-0.05, 0) is 41.8 Å². The van der Waals surface area contributed by atoms with Crippen molar-refractivity contribution in [2.24, 2.45) is 0 Å². The van der Waals surface area contributed by atoms with Crippen molar-refractivity contribution in [2.75, 3.05) is 7.11 Å². The Hall–Kier alpha value is -3.73. The van der Waals surface area contributed by atoms with Crippen molar-refractivity contribution in [1.82, 2.24) is 24.7 Å². The topological polar surface area (TPSA) is 78.3 Å². The van der Waals surface area contributed by atoms with Crippen molar-refractivity contribution >= 4 is 17.0 Å². The highest BCUT2D eigenvalue weighted by Crippen LogP contribution is 2.35. The predicted molar refractivity (Wildman–Crippen MR) is 107 cm³/mol. The molecule has 0 aliphatic rings. The number of rotatable bonds is 4. The maximum Gasteiger partial charge on any atom is 0.433 e. The van der Waals surface area contributed by atoms with E-state index < -0.39 is 11.9 Å². The molecule has 0 saturated heterocycles. The number of methoxy groups -OCH3 is 1. The summed E-state index contributed by atoms with van der Waals surface area (Å²) in [5.41, 5.74) is -0.182. The van der Waals surface area contributed by atoms with Gasteiger partial charge in [0.1, 0.15) is 11.3 Å². The molecule has 0 amide bonds. The van der Waals surface area contributed by atoms with Gasteiger partial charge in [0.2, 0.25) is 5.82 Å². The molecule has 31 heavy (non-hydrogen) atoms. The highest BCUT2D eigenvalue weighted by Gasteiger charge is 2.36. The lowest BCUT2D eigenvalue weighted by atomic mass is 10.1. The summed E-state index contributed by atoms with van der Waals surface area (Å²) < 4.78 is 52.5. The number of hydrogen-bond donors (Lipinski definition) is 0. The van der Waals surface area contributed by atoms with E-state index in [0.717, 1.165) is 15.5 Å². The van der Waals surface area contributed by atoms with E-state index in [9.17, 15) is 13.2 Å². The van der Waals surface area contributed by atoms with Gasteiger partial charge in [-0.2, -0.15) is 23.3 Å².